The molecule has 1 heterocycles. The number of nitrogens with zero attached hydrogens (tertiary/aromatic N) is 2. The van der Waals surface area contributed by atoms with Crippen LogP contribution >= 0.6 is 11.6 Å². The van der Waals surface area contributed by atoms with Gasteiger partial charge in [0, 0.05) is 24.4 Å². The number of rotatable bonds is 2. The summed E-state index contributed by atoms with van der Waals surface area (Å²) >= 11 is 5.70. The van der Waals surface area contributed by atoms with Gasteiger partial charge in [-0.2, -0.15) is 5.10 Å². The molecule has 0 unspecified atom stereocenters. The predicted molar refractivity (Wildman–Crippen MR) is 59.5 cm³/mol. The molecule has 3 nitrogen and oxygen atoms in total. The summed E-state index contributed by atoms with van der Waals surface area (Å²) in [4.78, 5) is 0. The standard InChI is InChI=1S/C11H10ClFN2O/c1-15-5-8(10(6-16)14-15)7-3-2-4-9(12)11(7)13/h2-5,16H,6H2,1H3. The fourth-order valence-corrected chi connectivity index (χ4v) is 1.76. The van der Waals surface area contributed by atoms with Crippen LogP contribution < -0.4 is 0 Å². The Morgan fingerprint density at radius 2 is 2.19 bits per heavy atom. The molecule has 0 saturated heterocycles. The van der Waals surface area contributed by atoms with E-state index < -0.39 is 5.82 Å². The molecule has 2 aromatic rings. The number of aryl methyl sites for hydroxylation is 1. The first-order valence-corrected chi connectivity index (χ1v) is 5.09. The molecule has 1 aromatic heterocycles. The molecular weight excluding hydrogens is 231 g/mol. The SMILES string of the molecule is Cn1cc(-c2cccc(Cl)c2F)c(CO)n1. The zero-order valence-corrected chi connectivity index (χ0v) is 9.37. The Morgan fingerprint density at radius 3 is 2.88 bits per heavy atom. The molecule has 0 radical (unpaired) electrons. The number of hydrogen-bond acceptors (Lipinski definition) is 2. The van der Waals surface area contributed by atoms with Crippen molar-refractivity contribution < 1.29 is 9.50 Å². The van der Waals surface area contributed by atoms with Crippen molar-refractivity contribution in [1.29, 1.82) is 0 Å². The molecule has 2 rings (SSSR count). The molecule has 1 aromatic carbocycles. The zero-order chi connectivity index (χ0) is 11.7. The van der Waals surface area contributed by atoms with Gasteiger partial charge in [0.25, 0.3) is 0 Å². The highest BCUT2D eigenvalue weighted by molar-refractivity contribution is 6.31. The zero-order valence-electron chi connectivity index (χ0n) is 8.61. The van der Waals surface area contributed by atoms with Gasteiger partial charge in [-0.05, 0) is 6.07 Å². The smallest absolute Gasteiger partial charge is 0.149 e. The first kappa shape index (κ1) is 11.1. The second-order valence-electron chi connectivity index (χ2n) is 3.42. The third kappa shape index (κ3) is 1.81. The van der Waals surface area contributed by atoms with Crippen molar-refractivity contribution in [3.8, 4) is 11.1 Å². The normalized spacial score (nSPS) is 10.8. The quantitative estimate of drug-likeness (QED) is 0.875. The topological polar surface area (TPSA) is 38.0 Å². The maximum atomic E-state index is 13.8. The first-order valence-electron chi connectivity index (χ1n) is 4.71. The van der Waals surface area contributed by atoms with Gasteiger partial charge in [0.1, 0.15) is 5.82 Å². The summed E-state index contributed by atoms with van der Waals surface area (Å²) in [5.74, 6) is -0.494. The average molecular weight is 241 g/mol. The minimum Gasteiger partial charge on any atom is -0.390 e. The minimum absolute atomic E-state index is 0.0604. The van der Waals surface area contributed by atoms with Crippen LogP contribution in [0.5, 0.6) is 0 Å². The number of aliphatic hydroxyl groups excluding tert-OH is 1. The van der Waals surface area contributed by atoms with Crippen molar-refractivity contribution in [2.24, 2.45) is 7.05 Å². The van der Waals surface area contributed by atoms with E-state index in [1.165, 1.54) is 10.7 Å². The van der Waals surface area contributed by atoms with Gasteiger partial charge in [0.15, 0.2) is 0 Å². The Bertz CT molecular complexity index is 525. The summed E-state index contributed by atoms with van der Waals surface area (Å²) in [7, 11) is 1.71. The fraction of sp³-hybridized carbons (Fsp3) is 0.182. The molecule has 5 heteroatoms. The highest BCUT2D eigenvalue weighted by Gasteiger charge is 2.14. The van der Waals surface area contributed by atoms with E-state index in [0.717, 1.165) is 0 Å². The van der Waals surface area contributed by atoms with E-state index >= 15 is 0 Å². The number of halogens is 2. The van der Waals surface area contributed by atoms with Crippen LogP contribution in [0, 0.1) is 5.82 Å². The lowest BCUT2D eigenvalue weighted by molar-refractivity contribution is 0.276. The van der Waals surface area contributed by atoms with Crippen LogP contribution in [-0.4, -0.2) is 14.9 Å². The molecule has 1 N–H and O–H groups in total. The van der Waals surface area contributed by atoms with Crippen molar-refractivity contribution in [2.45, 2.75) is 6.61 Å². The average Bonchev–Trinajstić information content (AvgIpc) is 2.63. The fourth-order valence-electron chi connectivity index (χ4n) is 1.59. The lowest BCUT2D eigenvalue weighted by atomic mass is 10.1. The van der Waals surface area contributed by atoms with Gasteiger partial charge in [-0.15, -0.1) is 0 Å². The van der Waals surface area contributed by atoms with Crippen LogP contribution in [0.3, 0.4) is 0 Å². The van der Waals surface area contributed by atoms with E-state index in [-0.39, 0.29) is 11.6 Å². The lowest BCUT2D eigenvalue weighted by Crippen LogP contribution is -1.91. The third-order valence-electron chi connectivity index (χ3n) is 2.30. The summed E-state index contributed by atoms with van der Waals surface area (Å²) in [6, 6.07) is 4.75. The molecule has 0 spiro atoms. The van der Waals surface area contributed by atoms with Gasteiger partial charge < -0.3 is 5.11 Å². The summed E-state index contributed by atoms with van der Waals surface area (Å²) in [5, 5.41) is 13.2. The Morgan fingerprint density at radius 1 is 1.44 bits per heavy atom. The largest absolute Gasteiger partial charge is 0.390 e. The van der Waals surface area contributed by atoms with Gasteiger partial charge in [0.05, 0.1) is 17.3 Å². The molecule has 0 saturated carbocycles. The summed E-state index contributed by atoms with van der Waals surface area (Å²) < 4.78 is 15.3. The monoisotopic (exact) mass is 240 g/mol. The van der Waals surface area contributed by atoms with Gasteiger partial charge in [-0.25, -0.2) is 4.39 Å². The lowest BCUT2D eigenvalue weighted by Gasteiger charge is -2.03. The minimum atomic E-state index is -0.494. The molecule has 16 heavy (non-hydrogen) atoms. The van der Waals surface area contributed by atoms with Crippen LogP contribution in [0.4, 0.5) is 4.39 Å². The molecule has 0 fully saturated rings. The van der Waals surface area contributed by atoms with Crippen LogP contribution in [0.1, 0.15) is 5.69 Å². The maximum absolute atomic E-state index is 13.8. The Balaban J connectivity index is 2.62. The molecule has 0 bridgehead atoms. The van der Waals surface area contributed by atoms with Gasteiger partial charge in [0.2, 0.25) is 0 Å². The van der Waals surface area contributed by atoms with E-state index in [0.29, 0.717) is 16.8 Å². The predicted octanol–water partition coefficient (Wildman–Crippen LogP) is 2.37. The van der Waals surface area contributed by atoms with E-state index in [2.05, 4.69) is 5.10 Å². The third-order valence-corrected chi connectivity index (χ3v) is 2.59. The molecule has 0 aliphatic carbocycles. The number of aromatic nitrogens is 2. The summed E-state index contributed by atoms with van der Waals surface area (Å²) in [5.41, 5.74) is 1.35. The summed E-state index contributed by atoms with van der Waals surface area (Å²) in [6.45, 7) is -0.234. The Kier molecular flexibility index (Phi) is 2.94. The highest BCUT2D eigenvalue weighted by atomic mass is 35.5. The van der Waals surface area contributed by atoms with E-state index in [1.54, 1.807) is 25.4 Å². The first-order chi connectivity index (χ1) is 7.63. The maximum Gasteiger partial charge on any atom is 0.149 e. The van der Waals surface area contributed by atoms with Crippen molar-refractivity contribution in [3.05, 3.63) is 40.9 Å². The second-order valence-corrected chi connectivity index (χ2v) is 3.83. The van der Waals surface area contributed by atoms with Crippen molar-refractivity contribution in [3.63, 3.8) is 0 Å². The van der Waals surface area contributed by atoms with E-state index in [1.807, 2.05) is 0 Å². The van der Waals surface area contributed by atoms with Gasteiger partial charge in [-0.1, -0.05) is 23.7 Å². The van der Waals surface area contributed by atoms with Crippen LogP contribution in [0.15, 0.2) is 24.4 Å². The van der Waals surface area contributed by atoms with Gasteiger partial charge >= 0.3 is 0 Å². The van der Waals surface area contributed by atoms with Gasteiger partial charge in [-0.3, -0.25) is 4.68 Å². The molecule has 0 aliphatic rings. The van der Waals surface area contributed by atoms with E-state index in [9.17, 15) is 4.39 Å². The molecular formula is C11H10ClFN2O. The van der Waals surface area contributed by atoms with Crippen molar-refractivity contribution in [1.82, 2.24) is 9.78 Å². The Labute approximate surface area is 97.1 Å². The van der Waals surface area contributed by atoms with Crippen LogP contribution in [0.25, 0.3) is 11.1 Å². The summed E-state index contributed by atoms with van der Waals surface area (Å²) in [6.07, 6.45) is 1.65. The molecule has 0 amide bonds. The molecule has 0 atom stereocenters. The second kappa shape index (κ2) is 4.23. The number of hydrogen-bond donors (Lipinski definition) is 1. The van der Waals surface area contributed by atoms with Crippen molar-refractivity contribution in [2.75, 3.05) is 0 Å². The number of aliphatic hydroxyl groups is 1. The van der Waals surface area contributed by atoms with Crippen LogP contribution in [0.2, 0.25) is 5.02 Å². The van der Waals surface area contributed by atoms with Crippen LogP contribution in [-0.2, 0) is 13.7 Å². The van der Waals surface area contributed by atoms with Crippen molar-refractivity contribution >= 4 is 11.6 Å². The molecule has 0 aliphatic heterocycles. The Hall–Kier alpha value is -1.39. The highest BCUT2D eigenvalue weighted by Crippen LogP contribution is 2.29. The number of benzene rings is 1. The molecule has 84 valence electrons. The van der Waals surface area contributed by atoms with E-state index in [4.69, 9.17) is 16.7 Å².